The SMILES string of the molecule is CC(C)NCc1ccc(NC(=O)c2ccon2)cc1. The van der Waals surface area contributed by atoms with E-state index in [-0.39, 0.29) is 11.6 Å². The largest absolute Gasteiger partial charge is 0.364 e. The molecule has 1 amide bonds. The van der Waals surface area contributed by atoms with Gasteiger partial charge in [-0.15, -0.1) is 0 Å². The molecule has 0 atom stereocenters. The summed E-state index contributed by atoms with van der Waals surface area (Å²) in [7, 11) is 0. The topological polar surface area (TPSA) is 67.2 Å². The number of carbonyl (C=O) groups excluding carboxylic acids is 1. The minimum atomic E-state index is -0.276. The lowest BCUT2D eigenvalue weighted by Gasteiger charge is -2.09. The molecule has 2 N–H and O–H groups in total. The van der Waals surface area contributed by atoms with Crippen LogP contribution in [0.15, 0.2) is 41.1 Å². The van der Waals surface area contributed by atoms with Gasteiger partial charge in [0, 0.05) is 24.3 Å². The highest BCUT2D eigenvalue weighted by Gasteiger charge is 2.08. The Kier molecular flexibility index (Phi) is 4.30. The molecule has 1 heterocycles. The first kappa shape index (κ1) is 13.3. The first-order chi connectivity index (χ1) is 9.15. The number of amides is 1. The van der Waals surface area contributed by atoms with Crippen molar-refractivity contribution in [2.45, 2.75) is 26.4 Å². The molecule has 0 aliphatic carbocycles. The summed E-state index contributed by atoms with van der Waals surface area (Å²) in [5, 5.41) is 9.67. The van der Waals surface area contributed by atoms with E-state index in [1.54, 1.807) is 0 Å². The lowest BCUT2D eigenvalue weighted by atomic mass is 10.2. The molecular weight excluding hydrogens is 242 g/mol. The van der Waals surface area contributed by atoms with Gasteiger partial charge in [0.15, 0.2) is 5.69 Å². The second kappa shape index (κ2) is 6.15. The van der Waals surface area contributed by atoms with Crippen LogP contribution in [0.3, 0.4) is 0 Å². The molecular formula is C14H17N3O2. The van der Waals surface area contributed by atoms with Crippen LogP contribution in [0, 0.1) is 0 Å². The van der Waals surface area contributed by atoms with Gasteiger partial charge >= 0.3 is 0 Å². The van der Waals surface area contributed by atoms with Crippen LogP contribution in [0.4, 0.5) is 5.69 Å². The van der Waals surface area contributed by atoms with Crippen LogP contribution in [0.5, 0.6) is 0 Å². The summed E-state index contributed by atoms with van der Waals surface area (Å²) in [6.07, 6.45) is 1.37. The van der Waals surface area contributed by atoms with Gasteiger partial charge in [-0.3, -0.25) is 4.79 Å². The number of carbonyl (C=O) groups is 1. The third-order valence-corrected chi connectivity index (χ3v) is 2.60. The van der Waals surface area contributed by atoms with Gasteiger partial charge < -0.3 is 15.2 Å². The molecule has 0 spiro atoms. The highest BCUT2D eigenvalue weighted by atomic mass is 16.5. The number of hydrogen-bond acceptors (Lipinski definition) is 4. The molecule has 0 bridgehead atoms. The van der Waals surface area contributed by atoms with Crippen LogP contribution in [-0.4, -0.2) is 17.1 Å². The van der Waals surface area contributed by atoms with Crippen molar-refractivity contribution in [1.29, 1.82) is 0 Å². The third kappa shape index (κ3) is 3.93. The number of nitrogens with zero attached hydrogens (tertiary/aromatic N) is 1. The summed E-state index contributed by atoms with van der Waals surface area (Å²) in [6, 6.07) is 9.68. The van der Waals surface area contributed by atoms with E-state index in [1.165, 1.54) is 17.9 Å². The fourth-order valence-electron chi connectivity index (χ4n) is 1.55. The molecule has 0 saturated heterocycles. The van der Waals surface area contributed by atoms with Gasteiger partial charge in [-0.1, -0.05) is 31.1 Å². The molecule has 0 fully saturated rings. The van der Waals surface area contributed by atoms with Crippen molar-refractivity contribution in [1.82, 2.24) is 10.5 Å². The molecule has 2 aromatic rings. The van der Waals surface area contributed by atoms with E-state index in [2.05, 4.69) is 34.2 Å². The van der Waals surface area contributed by atoms with E-state index >= 15 is 0 Å². The Bertz CT molecular complexity index is 518. The number of anilines is 1. The Hall–Kier alpha value is -2.14. The molecule has 19 heavy (non-hydrogen) atoms. The van der Waals surface area contributed by atoms with E-state index in [1.807, 2.05) is 24.3 Å². The van der Waals surface area contributed by atoms with E-state index in [0.717, 1.165) is 12.2 Å². The number of nitrogens with one attached hydrogen (secondary N) is 2. The van der Waals surface area contributed by atoms with Crippen molar-refractivity contribution in [2.75, 3.05) is 5.32 Å². The van der Waals surface area contributed by atoms with Gasteiger partial charge in [-0.25, -0.2) is 0 Å². The molecule has 2 rings (SSSR count). The quantitative estimate of drug-likeness (QED) is 0.865. The molecule has 1 aromatic heterocycles. The third-order valence-electron chi connectivity index (χ3n) is 2.60. The zero-order valence-electron chi connectivity index (χ0n) is 11.0. The maximum Gasteiger partial charge on any atom is 0.277 e. The summed E-state index contributed by atoms with van der Waals surface area (Å²) in [5.41, 5.74) is 2.18. The standard InChI is InChI=1S/C14H17N3O2/c1-10(2)15-9-11-3-5-12(6-4-11)16-14(18)13-7-8-19-17-13/h3-8,10,15H,9H2,1-2H3,(H,16,18). The first-order valence-corrected chi connectivity index (χ1v) is 6.19. The molecule has 5 heteroatoms. The molecule has 1 aromatic carbocycles. The van der Waals surface area contributed by atoms with E-state index in [9.17, 15) is 4.79 Å². The van der Waals surface area contributed by atoms with Gasteiger partial charge in [0.25, 0.3) is 5.91 Å². The van der Waals surface area contributed by atoms with Gasteiger partial charge in [-0.05, 0) is 17.7 Å². The second-order valence-corrected chi connectivity index (χ2v) is 4.57. The lowest BCUT2D eigenvalue weighted by Crippen LogP contribution is -2.21. The summed E-state index contributed by atoms with van der Waals surface area (Å²) >= 11 is 0. The van der Waals surface area contributed by atoms with Crippen molar-refractivity contribution in [3.8, 4) is 0 Å². The van der Waals surface area contributed by atoms with Crippen molar-refractivity contribution in [3.63, 3.8) is 0 Å². The minimum Gasteiger partial charge on any atom is -0.364 e. The Morgan fingerprint density at radius 2 is 2.00 bits per heavy atom. The Morgan fingerprint density at radius 1 is 1.26 bits per heavy atom. The summed E-state index contributed by atoms with van der Waals surface area (Å²) in [5.74, 6) is -0.276. The van der Waals surface area contributed by atoms with Gasteiger partial charge in [0.2, 0.25) is 0 Å². The van der Waals surface area contributed by atoms with Gasteiger partial charge in [0.05, 0.1) is 0 Å². The van der Waals surface area contributed by atoms with Crippen LogP contribution in [-0.2, 0) is 6.54 Å². The van der Waals surface area contributed by atoms with Crippen LogP contribution in [0.1, 0.15) is 29.9 Å². The van der Waals surface area contributed by atoms with Crippen LogP contribution in [0.25, 0.3) is 0 Å². The predicted molar refractivity (Wildman–Crippen MR) is 72.9 cm³/mol. The van der Waals surface area contributed by atoms with Crippen LogP contribution < -0.4 is 10.6 Å². The zero-order valence-corrected chi connectivity index (χ0v) is 11.0. The number of rotatable bonds is 5. The van der Waals surface area contributed by atoms with Gasteiger partial charge in [0.1, 0.15) is 6.26 Å². The van der Waals surface area contributed by atoms with Crippen molar-refractivity contribution in [3.05, 3.63) is 47.9 Å². The maximum atomic E-state index is 11.7. The average Bonchev–Trinajstić information content (AvgIpc) is 2.92. The normalized spacial score (nSPS) is 10.7. The summed E-state index contributed by atoms with van der Waals surface area (Å²) < 4.78 is 4.63. The predicted octanol–water partition coefficient (Wildman–Crippen LogP) is 2.42. The van der Waals surface area contributed by atoms with E-state index in [4.69, 9.17) is 0 Å². The van der Waals surface area contributed by atoms with Crippen LogP contribution >= 0.6 is 0 Å². The lowest BCUT2D eigenvalue weighted by molar-refractivity contribution is 0.101. The Morgan fingerprint density at radius 3 is 2.58 bits per heavy atom. The summed E-state index contributed by atoms with van der Waals surface area (Å²) in [6.45, 7) is 5.02. The smallest absolute Gasteiger partial charge is 0.277 e. The average molecular weight is 259 g/mol. The Balaban J connectivity index is 1.93. The molecule has 0 aliphatic rings. The highest BCUT2D eigenvalue weighted by Crippen LogP contribution is 2.11. The highest BCUT2D eigenvalue weighted by molar-refractivity contribution is 6.02. The van der Waals surface area contributed by atoms with Crippen molar-refractivity contribution < 1.29 is 9.32 Å². The minimum absolute atomic E-state index is 0.269. The second-order valence-electron chi connectivity index (χ2n) is 4.57. The first-order valence-electron chi connectivity index (χ1n) is 6.19. The zero-order chi connectivity index (χ0) is 13.7. The number of aromatic nitrogens is 1. The monoisotopic (exact) mass is 259 g/mol. The van der Waals surface area contributed by atoms with E-state index in [0.29, 0.717) is 6.04 Å². The number of benzene rings is 1. The fraction of sp³-hybridized carbons (Fsp3) is 0.286. The molecule has 5 nitrogen and oxygen atoms in total. The Labute approximate surface area is 112 Å². The molecule has 0 unspecified atom stereocenters. The number of hydrogen-bond donors (Lipinski definition) is 2. The fourth-order valence-corrected chi connectivity index (χ4v) is 1.55. The molecule has 0 aliphatic heterocycles. The molecule has 0 saturated carbocycles. The van der Waals surface area contributed by atoms with E-state index < -0.39 is 0 Å². The van der Waals surface area contributed by atoms with Gasteiger partial charge in [-0.2, -0.15) is 0 Å². The maximum absolute atomic E-state index is 11.7. The molecule has 0 radical (unpaired) electrons. The molecule has 100 valence electrons. The van der Waals surface area contributed by atoms with Crippen molar-refractivity contribution in [2.24, 2.45) is 0 Å². The van der Waals surface area contributed by atoms with Crippen LogP contribution in [0.2, 0.25) is 0 Å². The summed E-state index contributed by atoms with van der Waals surface area (Å²) in [4.78, 5) is 11.7. The van der Waals surface area contributed by atoms with Crippen molar-refractivity contribution >= 4 is 11.6 Å².